The monoisotopic (exact) mass is 200 g/mol. The van der Waals surface area contributed by atoms with Crippen molar-refractivity contribution in [1.82, 2.24) is 0 Å². The van der Waals surface area contributed by atoms with E-state index in [2.05, 4.69) is 0 Å². The van der Waals surface area contributed by atoms with Crippen molar-refractivity contribution in [2.75, 3.05) is 7.11 Å². The lowest BCUT2D eigenvalue weighted by molar-refractivity contribution is 0.112. The predicted molar refractivity (Wildman–Crippen MR) is 49.3 cm³/mol. The molecule has 0 fully saturated rings. The van der Waals surface area contributed by atoms with Gasteiger partial charge in [0.1, 0.15) is 12.0 Å². The number of halogens is 1. The smallest absolute Gasteiger partial charge is 0.150 e. The number of carbonyl (C=O) groups excluding carboxylic acids is 1. The molecule has 0 saturated carbocycles. The molecule has 70 valence electrons. The van der Waals surface area contributed by atoms with Crippen molar-refractivity contribution in [3.63, 3.8) is 0 Å². The molecule has 0 aliphatic rings. The average Bonchev–Trinajstić information content (AvgIpc) is 2.18. The van der Waals surface area contributed by atoms with E-state index >= 15 is 0 Å². The molecule has 13 heavy (non-hydrogen) atoms. The van der Waals surface area contributed by atoms with E-state index in [-0.39, 0.29) is 6.61 Å². The summed E-state index contributed by atoms with van der Waals surface area (Å²) in [5.74, 6) is 0.398. The van der Waals surface area contributed by atoms with E-state index in [9.17, 15) is 4.79 Å². The lowest BCUT2D eigenvalue weighted by atomic mass is 10.1. The van der Waals surface area contributed by atoms with Crippen molar-refractivity contribution < 1.29 is 14.6 Å². The van der Waals surface area contributed by atoms with Crippen LogP contribution in [0, 0.1) is 0 Å². The zero-order valence-electron chi connectivity index (χ0n) is 7.08. The number of aldehydes is 1. The molecule has 0 heterocycles. The van der Waals surface area contributed by atoms with Gasteiger partial charge < -0.3 is 9.84 Å². The van der Waals surface area contributed by atoms with E-state index in [4.69, 9.17) is 21.4 Å². The van der Waals surface area contributed by atoms with E-state index in [1.165, 1.54) is 19.2 Å². The fourth-order valence-corrected chi connectivity index (χ4v) is 1.26. The topological polar surface area (TPSA) is 46.5 Å². The molecule has 3 nitrogen and oxygen atoms in total. The Labute approximate surface area is 80.9 Å². The van der Waals surface area contributed by atoms with Crippen molar-refractivity contribution in [3.8, 4) is 5.75 Å². The Hall–Kier alpha value is -1.06. The van der Waals surface area contributed by atoms with Crippen LogP contribution in [0.1, 0.15) is 15.9 Å². The Morgan fingerprint density at radius 1 is 1.62 bits per heavy atom. The molecule has 1 rings (SSSR count). The van der Waals surface area contributed by atoms with Gasteiger partial charge in [-0.25, -0.2) is 0 Å². The molecule has 0 aromatic heterocycles. The number of carbonyl (C=O) groups is 1. The molecular formula is C9H9ClO3. The summed E-state index contributed by atoms with van der Waals surface area (Å²) in [6, 6.07) is 3.05. The largest absolute Gasteiger partial charge is 0.495 e. The molecule has 1 N–H and O–H groups in total. The van der Waals surface area contributed by atoms with Gasteiger partial charge in [0.25, 0.3) is 0 Å². The minimum absolute atomic E-state index is 0.211. The summed E-state index contributed by atoms with van der Waals surface area (Å²) in [7, 11) is 1.46. The van der Waals surface area contributed by atoms with Gasteiger partial charge in [0.05, 0.1) is 18.7 Å². The maximum absolute atomic E-state index is 10.5. The van der Waals surface area contributed by atoms with Crippen molar-refractivity contribution >= 4 is 17.9 Å². The summed E-state index contributed by atoms with van der Waals surface area (Å²) < 4.78 is 4.93. The summed E-state index contributed by atoms with van der Waals surface area (Å²) in [6.45, 7) is -0.211. The van der Waals surface area contributed by atoms with E-state index in [0.29, 0.717) is 28.2 Å². The first kappa shape index (κ1) is 10.0. The molecule has 0 atom stereocenters. The molecule has 1 aromatic carbocycles. The Kier molecular flexibility index (Phi) is 3.28. The van der Waals surface area contributed by atoms with Crippen LogP contribution >= 0.6 is 11.6 Å². The van der Waals surface area contributed by atoms with Crippen LogP contribution in [0.15, 0.2) is 12.1 Å². The van der Waals surface area contributed by atoms with Gasteiger partial charge in [0, 0.05) is 11.1 Å². The van der Waals surface area contributed by atoms with Crippen LogP contribution < -0.4 is 4.74 Å². The number of benzene rings is 1. The summed E-state index contributed by atoms with van der Waals surface area (Å²) >= 11 is 5.84. The summed E-state index contributed by atoms with van der Waals surface area (Å²) in [4.78, 5) is 10.5. The first-order chi connectivity index (χ1) is 6.22. The quantitative estimate of drug-likeness (QED) is 0.755. The molecule has 0 saturated heterocycles. The highest BCUT2D eigenvalue weighted by Crippen LogP contribution is 2.29. The minimum Gasteiger partial charge on any atom is -0.495 e. The maximum atomic E-state index is 10.5. The van der Waals surface area contributed by atoms with Crippen molar-refractivity contribution in [1.29, 1.82) is 0 Å². The molecule has 1 aromatic rings. The second-order valence-corrected chi connectivity index (χ2v) is 2.85. The average molecular weight is 201 g/mol. The second-order valence-electron chi connectivity index (χ2n) is 2.47. The number of rotatable bonds is 3. The van der Waals surface area contributed by atoms with Crippen LogP contribution in [0.4, 0.5) is 0 Å². The van der Waals surface area contributed by atoms with Crippen LogP contribution in [0.2, 0.25) is 5.02 Å². The number of methoxy groups -OCH3 is 1. The third-order valence-corrected chi connectivity index (χ3v) is 2.09. The lowest BCUT2D eigenvalue weighted by Crippen LogP contribution is -1.93. The normalized spacial score (nSPS) is 9.77. The number of hydrogen-bond donors (Lipinski definition) is 1. The fraction of sp³-hybridized carbons (Fsp3) is 0.222. The van der Waals surface area contributed by atoms with Crippen molar-refractivity contribution in [2.45, 2.75) is 6.61 Å². The molecule has 0 spiro atoms. The molecule has 0 unspecified atom stereocenters. The first-order valence-electron chi connectivity index (χ1n) is 3.65. The number of hydrogen-bond acceptors (Lipinski definition) is 3. The third-order valence-electron chi connectivity index (χ3n) is 1.66. The third kappa shape index (κ3) is 1.99. The highest BCUT2D eigenvalue weighted by molar-refractivity contribution is 6.32. The maximum Gasteiger partial charge on any atom is 0.150 e. The summed E-state index contributed by atoms with van der Waals surface area (Å²) in [6.07, 6.45) is 0.679. The van der Waals surface area contributed by atoms with Gasteiger partial charge in [-0.1, -0.05) is 11.6 Å². The van der Waals surface area contributed by atoms with Gasteiger partial charge in [-0.05, 0) is 12.1 Å². The standard InChI is InChI=1S/C9H9ClO3/c1-13-8-3-6(4-11)2-7(5-12)9(8)10/h2-4,12H,5H2,1H3. The van der Waals surface area contributed by atoms with Gasteiger partial charge in [-0.3, -0.25) is 4.79 Å². The highest BCUT2D eigenvalue weighted by Gasteiger charge is 2.08. The highest BCUT2D eigenvalue weighted by atomic mass is 35.5. The minimum atomic E-state index is -0.211. The van der Waals surface area contributed by atoms with Crippen LogP contribution in [0.5, 0.6) is 5.75 Å². The lowest BCUT2D eigenvalue weighted by Gasteiger charge is -2.07. The molecule has 0 aliphatic carbocycles. The van der Waals surface area contributed by atoms with Gasteiger partial charge in [-0.2, -0.15) is 0 Å². The van der Waals surface area contributed by atoms with Gasteiger partial charge in [0.15, 0.2) is 0 Å². The van der Waals surface area contributed by atoms with E-state index in [1.807, 2.05) is 0 Å². The van der Waals surface area contributed by atoms with Gasteiger partial charge in [-0.15, -0.1) is 0 Å². The van der Waals surface area contributed by atoms with E-state index in [1.54, 1.807) is 0 Å². The number of ether oxygens (including phenoxy) is 1. The Bertz CT molecular complexity index is 298. The second kappa shape index (κ2) is 4.25. The molecular weight excluding hydrogens is 192 g/mol. The van der Waals surface area contributed by atoms with E-state index in [0.717, 1.165) is 0 Å². The first-order valence-corrected chi connectivity index (χ1v) is 4.03. The van der Waals surface area contributed by atoms with Crippen LogP contribution in [0.3, 0.4) is 0 Å². The Morgan fingerprint density at radius 2 is 2.31 bits per heavy atom. The SMILES string of the molecule is COc1cc(C=O)cc(CO)c1Cl. The van der Waals surface area contributed by atoms with Crippen LogP contribution in [-0.4, -0.2) is 18.5 Å². The zero-order chi connectivity index (χ0) is 9.84. The van der Waals surface area contributed by atoms with E-state index < -0.39 is 0 Å². The predicted octanol–water partition coefficient (Wildman–Crippen LogP) is 1.65. The van der Waals surface area contributed by atoms with Crippen molar-refractivity contribution in [3.05, 3.63) is 28.3 Å². The molecule has 0 amide bonds. The Balaban J connectivity index is 3.28. The fourth-order valence-electron chi connectivity index (χ4n) is 1.01. The van der Waals surface area contributed by atoms with Gasteiger partial charge >= 0.3 is 0 Å². The van der Waals surface area contributed by atoms with Gasteiger partial charge in [0.2, 0.25) is 0 Å². The molecule has 0 aliphatic heterocycles. The van der Waals surface area contributed by atoms with Crippen LogP contribution in [0.25, 0.3) is 0 Å². The Morgan fingerprint density at radius 3 is 2.77 bits per heavy atom. The van der Waals surface area contributed by atoms with Crippen LogP contribution in [-0.2, 0) is 6.61 Å². The molecule has 4 heteroatoms. The summed E-state index contributed by atoms with van der Waals surface area (Å²) in [5, 5.41) is 9.25. The molecule has 0 radical (unpaired) electrons. The zero-order valence-corrected chi connectivity index (χ0v) is 7.84. The summed E-state index contributed by atoms with van der Waals surface area (Å²) in [5.41, 5.74) is 0.924. The number of aliphatic hydroxyl groups excluding tert-OH is 1. The number of aliphatic hydroxyl groups is 1. The van der Waals surface area contributed by atoms with Crippen molar-refractivity contribution in [2.24, 2.45) is 0 Å². The molecule has 0 bridgehead atoms.